The zero-order valence-corrected chi connectivity index (χ0v) is 13.2. The molecule has 1 aliphatic heterocycles. The molecule has 114 valence electrons. The second-order valence-electron chi connectivity index (χ2n) is 6.21. The lowest BCUT2D eigenvalue weighted by Crippen LogP contribution is -2.28. The second kappa shape index (κ2) is 6.89. The van der Waals surface area contributed by atoms with Crippen LogP contribution in [0.3, 0.4) is 0 Å². The summed E-state index contributed by atoms with van der Waals surface area (Å²) >= 11 is 0. The van der Waals surface area contributed by atoms with Crippen molar-refractivity contribution in [3.05, 3.63) is 59.7 Å². The van der Waals surface area contributed by atoms with E-state index in [1.165, 1.54) is 30.5 Å². The van der Waals surface area contributed by atoms with Crippen molar-refractivity contribution in [2.45, 2.75) is 32.2 Å². The van der Waals surface area contributed by atoms with Gasteiger partial charge < -0.3 is 4.90 Å². The van der Waals surface area contributed by atoms with Gasteiger partial charge in [-0.1, -0.05) is 48.5 Å². The van der Waals surface area contributed by atoms with Crippen LogP contribution in [0.15, 0.2) is 48.5 Å². The molecule has 2 heteroatoms. The maximum atomic E-state index is 10.7. The molecule has 0 aromatic heterocycles. The summed E-state index contributed by atoms with van der Waals surface area (Å²) in [5.41, 5.74) is 4.48. The smallest absolute Gasteiger partial charge is 0.150 e. The molecule has 0 radical (unpaired) electrons. The van der Waals surface area contributed by atoms with Crippen LogP contribution in [0.25, 0.3) is 11.1 Å². The van der Waals surface area contributed by atoms with Crippen LogP contribution in [0, 0.1) is 0 Å². The minimum atomic E-state index is 0.722. The zero-order valence-electron chi connectivity index (χ0n) is 13.2. The van der Waals surface area contributed by atoms with Gasteiger partial charge in [-0.3, -0.25) is 4.79 Å². The van der Waals surface area contributed by atoms with Gasteiger partial charge in [0.25, 0.3) is 0 Å². The monoisotopic (exact) mass is 293 g/mol. The number of nitrogens with zero attached hydrogens (tertiary/aromatic N) is 1. The summed E-state index contributed by atoms with van der Waals surface area (Å²) in [6.45, 7) is 4.75. The molecule has 1 atom stereocenters. The molecular formula is C20H23NO. The summed E-state index contributed by atoms with van der Waals surface area (Å²) in [6.07, 6.45) is 4.69. The molecule has 0 saturated carbocycles. The second-order valence-corrected chi connectivity index (χ2v) is 6.21. The van der Waals surface area contributed by atoms with E-state index in [9.17, 15) is 4.79 Å². The predicted octanol–water partition coefficient (Wildman–Crippen LogP) is 4.19. The van der Waals surface area contributed by atoms with E-state index >= 15 is 0 Å². The minimum Gasteiger partial charge on any atom is -0.300 e. The summed E-state index contributed by atoms with van der Waals surface area (Å²) < 4.78 is 0. The summed E-state index contributed by atoms with van der Waals surface area (Å²) in [4.78, 5) is 13.3. The lowest BCUT2D eigenvalue weighted by molar-refractivity contribution is 0.112. The first kappa shape index (κ1) is 15.0. The van der Waals surface area contributed by atoms with E-state index in [1.807, 2.05) is 24.3 Å². The van der Waals surface area contributed by atoms with Gasteiger partial charge in [0, 0.05) is 18.2 Å². The average Bonchev–Trinajstić information content (AvgIpc) is 2.99. The Morgan fingerprint density at radius 3 is 2.23 bits per heavy atom. The van der Waals surface area contributed by atoms with Gasteiger partial charge in [0.2, 0.25) is 0 Å². The molecule has 22 heavy (non-hydrogen) atoms. The lowest BCUT2D eigenvalue weighted by Gasteiger charge is -2.20. The van der Waals surface area contributed by atoms with E-state index in [-0.39, 0.29) is 0 Å². The van der Waals surface area contributed by atoms with Crippen LogP contribution in [0.1, 0.15) is 35.7 Å². The summed E-state index contributed by atoms with van der Waals surface area (Å²) in [5.74, 6) is 0. The van der Waals surface area contributed by atoms with Gasteiger partial charge in [0.15, 0.2) is 0 Å². The molecule has 1 fully saturated rings. The molecule has 0 spiro atoms. The van der Waals surface area contributed by atoms with Crippen molar-refractivity contribution >= 4 is 6.29 Å². The first-order chi connectivity index (χ1) is 10.8. The number of carbonyl (C=O) groups excluding carboxylic acids is 1. The Hall–Kier alpha value is -1.93. The average molecular weight is 293 g/mol. The van der Waals surface area contributed by atoms with Crippen LogP contribution in [0.4, 0.5) is 0 Å². The third-order valence-electron chi connectivity index (χ3n) is 4.71. The topological polar surface area (TPSA) is 20.3 Å². The highest BCUT2D eigenvalue weighted by atomic mass is 16.1. The summed E-state index contributed by atoms with van der Waals surface area (Å²) in [6, 6.07) is 17.3. The number of rotatable bonds is 5. The quantitative estimate of drug-likeness (QED) is 0.770. The molecule has 1 saturated heterocycles. The van der Waals surface area contributed by atoms with Crippen LogP contribution < -0.4 is 0 Å². The Balaban J connectivity index is 1.63. The van der Waals surface area contributed by atoms with E-state index in [2.05, 4.69) is 36.1 Å². The molecular weight excluding hydrogens is 270 g/mol. The molecule has 0 amide bonds. The van der Waals surface area contributed by atoms with Crippen LogP contribution in [-0.4, -0.2) is 30.3 Å². The van der Waals surface area contributed by atoms with E-state index in [0.29, 0.717) is 0 Å². The van der Waals surface area contributed by atoms with E-state index in [4.69, 9.17) is 0 Å². The highest BCUT2D eigenvalue weighted by molar-refractivity contribution is 5.76. The number of benzene rings is 2. The molecule has 1 aliphatic rings. The van der Waals surface area contributed by atoms with E-state index in [1.54, 1.807) is 0 Å². The fraction of sp³-hybridized carbons (Fsp3) is 0.350. The van der Waals surface area contributed by atoms with Gasteiger partial charge in [-0.25, -0.2) is 0 Å². The van der Waals surface area contributed by atoms with Gasteiger partial charge >= 0.3 is 0 Å². The lowest BCUT2D eigenvalue weighted by atomic mass is 10.0. The summed E-state index contributed by atoms with van der Waals surface area (Å²) in [7, 11) is 0. The van der Waals surface area contributed by atoms with Gasteiger partial charge in [-0.15, -0.1) is 0 Å². The Morgan fingerprint density at radius 1 is 1.05 bits per heavy atom. The Labute approximate surface area is 132 Å². The van der Waals surface area contributed by atoms with Crippen LogP contribution in [0.5, 0.6) is 0 Å². The zero-order chi connectivity index (χ0) is 15.4. The van der Waals surface area contributed by atoms with Crippen molar-refractivity contribution in [2.24, 2.45) is 0 Å². The molecule has 1 heterocycles. The largest absolute Gasteiger partial charge is 0.300 e. The highest BCUT2D eigenvalue weighted by Crippen LogP contribution is 2.21. The summed E-state index contributed by atoms with van der Waals surface area (Å²) in [5, 5.41) is 0. The van der Waals surface area contributed by atoms with Crippen molar-refractivity contribution in [1.82, 2.24) is 4.90 Å². The third kappa shape index (κ3) is 3.45. The third-order valence-corrected chi connectivity index (χ3v) is 4.71. The number of hydrogen-bond donors (Lipinski definition) is 0. The highest BCUT2D eigenvalue weighted by Gasteiger charge is 2.19. The number of hydrogen-bond acceptors (Lipinski definition) is 2. The molecule has 3 rings (SSSR count). The van der Waals surface area contributed by atoms with Gasteiger partial charge in [0.05, 0.1) is 0 Å². The molecule has 0 unspecified atom stereocenters. The molecule has 0 aliphatic carbocycles. The van der Waals surface area contributed by atoms with Gasteiger partial charge in [-0.05, 0) is 49.4 Å². The first-order valence-corrected chi connectivity index (χ1v) is 8.15. The van der Waals surface area contributed by atoms with E-state index < -0.39 is 0 Å². The molecule has 0 bridgehead atoms. The van der Waals surface area contributed by atoms with Crippen molar-refractivity contribution in [3.63, 3.8) is 0 Å². The van der Waals surface area contributed by atoms with Crippen molar-refractivity contribution in [3.8, 4) is 11.1 Å². The Kier molecular flexibility index (Phi) is 4.69. The SMILES string of the molecule is C[C@@H]1CCCN1CCc1ccc(-c2ccc(C=O)cc2)cc1. The molecule has 2 aromatic rings. The van der Waals surface area contributed by atoms with E-state index in [0.717, 1.165) is 36.4 Å². The Morgan fingerprint density at radius 2 is 1.68 bits per heavy atom. The standard InChI is InChI=1S/C20H23NO/c1-16-3-2-13-21(16)14-12-17-4-8-19(9-5-17)20-10-6-18(15-22)7-11-20/h4-11,15-16H,2-3,12-14H2,1H3/t16-/m1/s1. The number of likely N-dealkylation sites (tertiary alicyclic amines) is 1. The predicted molar refractivity (Wildman–Crippen MR) is 91.2 cm³/mol. The van der Waals surface area contributed by atoms with Crippen molar-refractivity contribution in [2.75, 3.05) is 13.1 Å². The maximum absolute atomic E-state index is 10.7. The van der Waals surface area contributed by atoms with Crippen LogP contribution in [-0.2, 0) is 6.42 Å². The van der Waals surface area contributed by atoms with Crippen LogP contribution in [0.2, 0.25) is 0 Å². The molecule has 2 nitrogen and oxygen atoms in total. The van der Waals surface area contributed by atoms with Gasteiger partial charge in [0.1, 0.15) is 6.29 Å². The number of carbonyl (C=O) groups is 1. The normalized spacial score (nSPS) is 18.5. The van der Waals surface area contributed by atoms with Crippen molar-refractivity contribution < 1.29 is 4.79 Å². The molecule has 0 N–H and O–H groups in total. The maximum Gasteiger partial charge on any atom is 0.150 e. The van der Waals surface area contributed by atoms with Gasteiger partial charge in [-0.2, -0.15) is 0 Å². The first-order valence-electron chi connectivity index (χ1n) is 8.15. The fourth-order valence-corrected chi connectivity index (χ4v) is 3.22. The van der Waals surface area contributed by atoms with Crippen molar-refractivity contribution in [1.29, 1.82) is 0 Å². The number of aldehydes is 1. The minimum absolute atomic E-state index is 0.722. The fourth-order valence-electron chi connectivity index (χ4n) is 3.22. The molecule has 2 aromatic carbocycles. The van der Waals surface area contributed by atoms with Crippen LogP contribution >= 0.6 is 0 Å². The Bertz CT molecular complexity index is 615.